The predicted molar refractivity (Wildman–Crippen MR) is 64.2 cm³/mol. The lowest BCUT2D eigenvalue weighted by atomic mass is 10.2. The van der Waals surface area contributed by atoms with E-state index in [2.05, 4.69) is 5.32 Å². The monoisotopic (exact) mass is 258 g/mol. The predicted octanol–water partition coefficient (Wildman–Crippen LogP) is 1.55. The summed E-state index contributed by atoms with van der Waals surface area (Å²) >= 11 is 0.840. The van der Waals surface area contributed by atoms with Crippen molar-refractivity contribution in [2.75, 3.05) is 6.54 Å². The van der Waals surface area contributed by atoms with E-state index in [1.54, 1.807) is 0 Å². The van der Waals surface area contributed by atoms with Crippen LogP contribution in [0.15, 0.2) is 12.1 Å². The maximum atomic E-state index is 11.5. The third-order valence-corrected chi connectivity index (χ3v) is 3.27. The fraction of sp³-hybridized carbons (Fsp3) is 0.500. The molecule has 1 unspecified atom stereocenters. The second kappa shape index (κ2) is 6.31. The van der Waals surface area contributed by atoms with Gasteiger partial charge in [0.25, 0.3) is 5.91 Å². The van der Waals surface area contributed by atoms with Crippen LogP contribution in [0.4, 0.5) is 5.00 Å². The number of amides is 1. The number of nitrogens with zero attached hydrogens (tertiary/aromatic N) is 1. The van der Waals surface area contributed by atoms with Gasteiger partial charge < -0.3 is 10.4 Å². The van der Waals surface area contributed by atoms with E-state index in [1.165, 1.54) is 12.1 Å². The Morgan fingerprint density at radius 1 is 1.65 bits per heavy atom. The first-order valence-electron chi connectivity index (χ1n) is 5.25. The number of nitro groups is 1. The van der Waals surface area contributed by atoms with Gasteiger partial charge in [0.05, 0.1) is 15.9 Å². The van der Waals surface area contributed by atoms with Gasteiger partial charge in [-0.15, -0.1) is 0 Å². The Hall–Kier alpha value is -1.47. The molecule has 0 aliphatic rings. The van der Waals surface area contributed by atoms with Crippen molar-refractivity contribution in [2.45, 2.75) is 25.9 Å². The minimum atomic E-state index is -0.526. The number of carbonyl (C=O) groups excluding carboxylic acids is 1. The fourth-order valence-electron chi connectivity index (χ4n) is 1.19. The van der Waals surface area contributed by atoms with Gasteiger partial charge >= 0.3 is 5.00 Å². The third kappa shape index (κ3) is 4.12. The second-order valence-electron chi connectivity index (χ2n) is 3.50. The van der Waals surface area contributed by atoms with E-state index < -0.39 is 11.0 Å². The Kier molecular flexibility index (Phi) is 5.05. The molecule has 0 saturated carbocycles. The van der Waals surface area contributed by atoms with Gasteiger partial charge in [0.2, 0.25) is 0 Å². The molecule has 7 heteroatoms. The SMILES string of the molecule is CCC(O)CCNC(=O)c1ccc([N+](=O)[O-])s1. The van der Waals surface area contributed by atoms with Crippen LogP contribution in [0.2, 0.25) is 0 Å². The number of nitrogens with one attached hydrogen (secondary N) is 1. The summed E-state index contributed by atoms with van der Waals surface area (Å²) in [5.41, 5.74) is 0. The van der Waals surface area contributed by atoms with Crippen molar-refractivity contribution in [2.24, 2.45) is 0 Å². The maximum Gasteiger partial charge on any atom is 0.324 e. The summed E-state index contributed by atoms with van der Waals surface area (Å²) in [7, 11) is 0. The minimum Gasteiger partial charge on any atom is -0.393 e. The van der Waals surface area contributed by atoms with Crippen molar-refractivity contribution < 1.29 is 14.8 Å². The Morgan fingerprint density at radius 3 is 2.88 bits per heavy atom. The summed E-state index contributed by atoms with van der Waals surface area (Å²) in [6, 6.07) is 2.73. The van der Waals surface area contributed by atoms with E-state index in [0.29, 0.717) is 24.3 Å². The van der Waals surface area contributed by atoms with E-state index in [-0.39, 0.29) is 10.9 Å². The molecule has 1 aromatic heterocycles. The molecule has 6 nitrogen and oxygen atoms in total. The highest BCUT2D eigenvalue weighted by atomic mass is 32.1. The van der Waals surface area contributed by atoms with Crippen LogP contribution < -0.4 is 5.32 Å². The number of carbonyl (C=O) groups is 1. The van der Waals surface area contributed by atoms with Gasteiger partial charge in [-0.2, -0.15) is 0 Å². The summed E-state index contributed by atoms with van der Waals surface area (Å²) in [6.45, 7) is 2.22. The number of rotatable bonds is 6. The molecule has 0 aliphatic carbocycles. The van der Waals surface area contributed by atoms with Gasteiger partial charge in [0, 0.05) is 12.6 Å². The molecule has 0 saturated heterocycles. The molecule has 0 bridgehead atoms. The van der Waals surface area contributed by atoms with Crippen LogP contribution in [0.1, 0.15) is 29.4 Å². The smallest absolute Gasteiger partial charge is 0.324 e. The highest BCUT2D eigenvalue weighted by molar-refractivity contribution is 7.17. The largest absolute Gasteiger partial charge is 0.393 e. The Labute approximate surface area is 102 Å². The van der Waals surface area contributed by atoms with Gasteiger partial charge in [0.1, 0.15) is 0 Å². The van der Waals surface area contributed by atoms with Crippen LogP contribution in [0.5, 0.6) is 0 Å². The number of hydrogen-bond acceptors (Lipinski definition) is 5. The first-order valence-corrected chi connectivity index (χ1v) is 6.06. The molecule has 1 heterocycles. The van der Waals surface area contributed by atoms with Crippen LogP contribution in [-0.4, -0.2) is 28.6 Å². The van der Waals surface area contributed by atoms with Crippen LogP contribution in [-0.2, 0) is 0 Å². The Morgan fingerprint density at radius 2 is 2.35 bits per heavy atom. The van der Waals surface area contributed by atoms with Crippen LogP contribution in [0.3, 0.4) is 0 Å². The molecule has 0 radical (unpaired) electrons. The molecule has 94 valence electrons. The lowest BCUT2D eigenvalue weighted by Gasteiger charge is -2.07. The zero-order valence-electron chi connectivity index (χ0n) is 9.38. The van der Waals surface area contributed by atoms with Gasteiger partial charge in [0.15, 0.2) is 0 Å². The first-order chi connectivity index (χ1) is 8.04. The molecular formula is C10H14N2O4S. The summed E-state index contributed by atoms with van der Waals surface area (Å²) in [6.07, 6.45) is 0.698. The second-order valence-corrected chi connectivity index (χ2v) is 4.56. The number of aliphatic hydroxyl groups excluding tert-OH is 1. The van der Waals surface area contributed by atoms with E-state index in [0.717, 1.165) is 11.3 Å². The van der Waals surface area contributed by atoms with E-state index >= 15 is 0 Å². The first kappa shape index (κ1) is 13.6. The molecule has 2 N–H and O–H groups in total. The summed E-state index contributed by atoms with van der Waals surface area (Å²) in [4.78, 5) is 21.8. The molecule has 1 atom stereocenters. The highest BCUT2D eigenvalue weighted by Crippen LogP contribution is 2.23. The zero-order chi connectivity index (χ0) is 12.8. The standard InChI is InChI=1S/C10H14N2O4S/c1-2-7(13)5-6-11-10(14)8-3-4-9(17-8)12(15)16/h3-4,7,13H,2,5-6H2,1H3,(H,11,14). The van der Waals surface area contributed by atoms with Crippen molar-refractivity contribution in [3.05, 3.63) is 27.1 Å². The third-order valence-electron chi connectivity index (χ3n) is 2.23. The summed E-state index contributed by atoms with van der Waals surface area (Å²) in [5, 5.41) is 22.3. The maximum absolute atomic E-state index is 11.5. The molecule has 0 aliphatic heterocycles. The highest BCUT2D eigenvalue weighted by Gasteiger charge is 2.14. The normalized spacial score (nSPS) is 12.1. The number of aliphatic hydroxyl groups is 1. The van der Waals surface area contributed by atoms with Gasteiger partial charge in [-0.1, -0.05) is 18.3 Å². The fourth-order valence-corrected chi connectivity index (χ4v) is 1.93. The van der Waals surface area contributed by atoms with Gasteiger partial charge in [-0.25, -0.2) is 0 Å². The molecule has 1 rings (SSSR count). The topological polar surface area (TPSA) is 92.5 Å². The van der Waals surface area contributed by atoms with Crippen molar-refractivity contribution in [1.29, 1.82) is 0 Å². The van der Waals surface area contributed by atoms with E-state index in [9.17, 15) is 20.0 Å². The summed E-state index contributed by atoms with van der Waals surface area (Å²) < 4.78 is 0. The quantitative estimate of drug-likeness (QED) is 0.598. The molecule has 1 aromatic rings. The molecule has 17 heavy (non-hydrogen) atoms. The average Bonchev–Trinajstić information content (AvgIpc) is 2.78. The Balaban J connectivity index is 2.44. The average molecular weight is 258 g/mol. The molecule has 1 amide bonds. The van der Waals surface area contributed by atoms with Gasteiger partial charge in [-0.3, -0.25) is 14.9 Å². The molecule has 0 aromatic carbocycles. The molecule has 0 spiro atoms. The van der Waals surface area contributed by atoms with Crippen LogP contribution in [0.25, 0.3) is 0 Å². The lowest BCUT2D eigenvalue weighted by molar-refractivity contribution is -0.380. The Bertz CT molecular complexity index is 405. The van der Waals surface area contributed by atoms with Crippen molar-refractivity contribution in [3.63, 3.8) is 0 Å². The summed E-state index contributed by atoms with van der Waals surface area (Å²) in [5.74, 6) is -0.341. The van der Waals surface area contributed by atoms with Crippen molar-refractivity contribution in [3.8, 4) is 0 Å². The molecule has 0 fully saturated rings. The minimum absolute atomic E-state index is 0.0521. The number of hydrogen-bond donors (Lipinski definition) is 2. The van der Waals surface area contributed by atoms with Crippen LogP contribution >= 0.6 is 11.3 Å². The molecular weight excluding hydrogens is 244 g/mol. The van der Waals surface area contributed by atoms with E-state index in [4.69, 9.17) is 0 Å². The van der Waals surface area contributed by atoms with E-state index in [1.807, 2.05) is 6.92 Å². The van der Waals surface area contributed by atoms with Gasteiger partial charge in [-0.05, 0) is 18.9 Å². The number of thiophene rings is 1. The van der Waals surface area contributed by atoms with Crippen molar-refractivity contribution >= 4 is 22.2 Å². The lowest BCUT2D eigenvalue weighted by Crippen LogP contribution is -2.26. The van der Waals surface area contributed by atoms with Crippen LogP contribution in [0, 0.1) is 10.1 Å². The zero-order valence-corrected chi connectivity index (χ0v) is 10.2. The van der Waals surface area contributed by atoms with Crippen molar-refractivity contribution in [1.82, 2.24) is 5.32 Å².